The van der Waals surface area contributed by atoms with E-state index in [-0.39, 0.29) is 18.1 Å². The van der Waals surface area contributed by atoms with Crippen molar-refractivity contribution in [1.82, 2.24) is 5.32 Å². The number of hydrogen-bond donors (Lipinski definition) is 1. The standard InChI is InChI=1S/C16H24N2O5S2/c1-12(2)13-4-6-15(7-5-13)18(24(3,20)21)10-16(19)17-14-8-9-25(22,23)11-14/h4-7,12,14H,8-11H2,1-3H3,(H,17,19). The highest BCUT2D eigenvalue weighted by Crippen LogP contribution is 2.22. The monoisotopic (exact) mass is 388 g/mol. The van der Waals surface area contributed by atoms with E-state index in [1.807, 2.05) is 26.0 Å². The van der Waals surface area contributed by atoms with Crippen molar-refractivity contribution in [1.29, 1.82) is 0 Å². The molecule has 0 saturated carbocycles. The zero-order chi connectivity index (χ0) is 18.8. The predicted molar refractivity (Wildman–Crippen MR) is 97.9 cm³/mol. The SMILES string of the molecule is CC(C)c1ccc(N(CC(=O)NC2CCS(=O)(=O)C2)S(C)(=O)=O)cc1. The molecule has 0 aliphatic carbocycles. The van der Waals surface area contributed by atoms with Crippen LogP contribution in [0.3, 0.4) is 0 Å². The number of anilines is 1. The molecule has 2 rings (SSSR count). The van der Waals surface area contributed by atoms with Crippen molar-refractivity contribution in [2.24, 2.45) is 0 Å². The second-order valence-electron chi connectivity index (χ2n) is 6.68. The third-order valence-electron chi connectivity index (χ3n) is 4.13. The molecule has 0 aromatic heterocycles. The molecule has 1 aromatic carbocycles. The van der Waals surface area contributed by atoms with Gasteiger partial charge in [0.15, 0.2) is 9.84 Å². The van der Waals surface area contributed by atoms with Gasteiger partial charge in [0.05, 0.1) is 23.4 Å². The lowest BCUT2D eigenvalue weighted by Crippen LogP contribution is -2.44. The van der Waals surface area contributed by atoms with E-state index in [1.165, 1.54) is 0 Å². The minimum atomic E-state index is -3.65. The smallest absolute Gasteiger partial charge is 0.241 e. The van der Waals surface area contributed by atoms with Crippen LogP contribution in [0.25, 0.3) is 0 Å². The van der Waals surface area contributed by atoms with Crippen molar-refractivity contribution in [3.63, 3.8) is 0 Å². The summed E-state index contributed by atoms with van der Waals surface area (Å²) in [7, 11) is -6.76. The summed E-state index contributed by atoms with van der Waals surface area (Å²) < 4.78 is 48.1. The van der Waals surface area contributed by atoms with Crippen molar-refractivity contribution in [3.05, 3.63) is 29.8 Å². The third-order valence-corrected chi connectivity index (χ3v) is 7.04. The molecule has 0 radical (unpaired) electrons. The topological polar surface area (TPSA) is 101 Å². The molecule has 9 heteroatoms. The Kier molecular flexibility index (Phi) is 5.78. The minimum absolute atomic E-state index is 0.0460. The Morgan fingerprint density at radius 2 is 1.88 bits per heavy atom. The number of amides is 1. The largest absolute Gasteiger partial charge is 0.351 e. The van der Waals surface area contributed by atoms with E-state index in [9.17, 15) is 21.6 Å². The maximum absolute atomic E-state index is 12.2. The summed E-state index contributed by atoms with van der Waals surface area (Å²) in [5.74, 6) is -0.251. The fourth-order valence-corrected chi connectivity index (χ4v) is 5.27. The molecular formula is C16H24N2O5S2. The zero-order valence-electron chi connectivity index (χ0n) is 14.6. The lowest BCUT2D eigenvalue weighted by Gasteiger charge is -2.23. The molecule has 1 fully saturated rings. The first kappa shape index (κ1) is 19.7. The molecule has 1 N–H and O–H groups in total. The average molecular weight is 389 g/mol. The Balaban J connectivity index is 2.12. The Labute approximate surface area is 149 Å². The number of sulfone groups is 1. The summed E-state index contributed by atoms with van der Waals surface area (Å²) in [5.41, 5.74) is 1.47. The maximum Gasteiger partial charge on any atom is 0.241 e. The molecule has 1 amide bonds. The van der Waals surface area contributed by atoms with Gasteiger partial charge >= 0.3 is 0 Å². The second kappa shape index (κ2) is 7.33. The summed E-state index contributed by atoms with van der Waals surface area (Å²) >= 11 is 0. The van der Waals surface area contributed by atoms with Gasteiger partial charge in [-0.05, 0) is 30.0 Å². The summed E-state index contributed by atoms with van der Waals surface area (Å²) in [4.78, 5) is 12.2. The summed E-state index contributed by atoms with van der Waals surface area (Å²) in [6.45, 7) is 3.69. The quantitative estimate of drug-likeness (QED) is 0.780. The van der Waals surface area contributed by atoms with Gasteiger partial charge < -0.3 is 5.32 Å². The zero-order valence-corrected chi connectivity index (χ0v) is 16.2. The molecular weight excluding hydrogens is 364 g/mol. The predicted octanol–water partition coefficient (Wildman–Crippen LogP) is 0.879. The molecule has 1 unspecified atom stereocenters. The Morgan fingerprint density at radius 3 is 2.32 bits per heavy atom. The molecule has 1 aliphatic heterocycles. The van der Waals surface area contributed by atoms with Gasteiger partial charge in [0.2, 0.25) is 15.9 Å². The third kappa shape index (κ3) is 5.43. The van der Waals surface area contributed by atoms with Gasteiger partial charge in [0.25, 0.3) is 0 Å². The van der Waals surface area contributed by atoms with Crippen molar-refractivity contribution >= 4 is 31.5 Å². The van der Waals surface area contributed by atoms with Gasteiger partial charge in [0.1, 0.15) is 6.54 Å². The van der Waals surface area contributed by atoms with Crippen molar-refractivity contribution in [2.75, 3.05) is 28.6 Å². The normalized spacial score (nSPS) is 19.8. The van der Waals surface area contributed by atoms with E-state index in [0.717, 1.165) is 16.1 Å². The summed E-state index contributed by atoms with van der Waals surface area (Å²) in [5, 5.41) is 2.61. The van der Waals surface area contributed by atoms with Gasteiger partial charge in [-0.15, -0.1) is 0 Å². The van der Waals surface area contributed by atoms with Gasteiger partial charge in [0, 0.05) is 6.04 Å². The number of nitrogens with zero attached hydrogens (tertiary/aromatic N) is 1. The van der Waals surface area contributed by atoms with Crippen LogP contribution in [-0.4, -0.2) is 53.1 Å². The lowest BCUT2D eigenvalue weighted by molar-refractivity contribution is -0.120. The van der Waals surface area contributed by atoms with E-state index in [4.69, 9.17) is 0 Å². The fraction of sp³-hybridized carbons (Fsp3) is 0.562. The first-order chi connectivity index (χ1) is 11.5. The molecule has 1 heterocycles. The Bertz CT molecular complexity index is 830. The minimum Gasteiger partial charge on any atom is -0.351 e. The molecule has 1 aliphatic rings. The highest BCUT2D eigenvalue weighted by molar-refractivity contribution is 7.92. The van der Waals surface area contributed by atoms with E-state index in [2.05, 4.69) is 5.32 Å². The number of hydrogen-bond acceptors (Lipinski definition) is 5. The van der Waals surface area contributed by atoms with E-state index in [0.29, 0.717) is 18.0 Å². The van der Waals surface area contributed by atoms with Crippen molar-refractivity contribution < 1.29 is 21.6 Å². The number of carbonyl (C=O) groups excluding carboxylic acids is 1. The van der Waals surface area contributed by atoms with Gasteiger partial charge in [-0.2, -0.15) is 0 Å². The Morgan fingerprint density at radius 1 is 1.28 bits per heavy atom. The Hall–Kier alpha value is -1.61. The summed E-state index contributed by atoms with van der Waals surface area (Å²) in [6.07, 6.45) is 1.40. The maximum atomic E-state index is 12.2. The van der Waals surface area contributed by atoms with E-state index < -0.39 is 31.8 Å². The highest BCUT2D eigenvalue weighted by Gasteiger charge is 2.30. The first-order valence-electron chi connectivity index (χ1n) is 8.05. The van der Waals surface area contributed by atoms with Crippen LogP contribution in [-0.2, 0) is 24.7 Å². The molecule has 1 atom stereocenters. The molecule has 0 spiro atoms. The van der Waals surface area contributed by atoms with Crippen LogP contribution in [0, 0.1) is 0 Å². The number of sulfonamides is 1. The molecule has 7 nitrogen and oxygen atoms in total. The highest BCUT2D eigenvalue weighted by atomic mass is 32.2. The first-order valence-corrected chi connectivity index (χ1v) is 11.7. The van der Waals surface area contributed by atoms with Gasteiger partial charge in [-0.3, -0.25) is 9.10 Å². The summed E-state index contributed by atoms with van der Waals surface area (Å²) in [6, 6.07) is 6.55. The molecule has 1 saturated heterocycles. The van der Waals surface area contributed by atoms with Crippen LogP contribution in [0.2, 0.25) is 0 Å². The van der Waals surface area contributed by atoms with Crippen LogP contribution < -0.4 is 9.62 Å². The number of carbonyl (C=O) groups is 1. The molecule has 0 bridgehead atoms. The number of benzene rings is 1. The van der Waals surface area contributed by atoms with Crippen LogP contribution in [0.1, 0.15) is 31.7 Å². The van der Waals surface area contributed by atoms with Gasteiger partial charge in [-0.1, -0.05) is 26.0 Å². The molecule has 25 heavy (non-hydrogen) atoms. The van der Waals surface area contributed by atoms with Crippen LogP contribution >= 0.6 is 0 Å². The number of rotatable bonds is 6. The van der Waals surface area contributed by atoms with Crippen LogP contribution in [0.4, 0.5) is 5.69 Å². The molecule has 140 valence electrons. The van der Waals surface area contributed by atoms with Crippen molar-refractivity contribution in [2.45, 2.75) is 32.2 Å². The number of nitrogens with one attached hydrogen (secondary N) is 1. The van der Waals surface area contributed by atoms with E-state index in [1.54, 1.807) is 12.1 Å². The average Bonchev–Trinajstić information content (AvgIpc) is 2.82. The van der Waals surface area contributed by atoms with Crippen LogP contribution in [0.5, 0.6) is 0 Å². The fourth-order valence-electron chi connectivity index (χ4n) is 2.74. The lowest BCUT2D eigenvalue weighted by atomic mass is 10.0. The second-order valence-corrected chi connectivity index (χ2v) is 10.8. The molecule has 1 aromatic rings. The van der Waals surface area contributed by atoms with Crippen molar-refractivity contribution in [3.8, 4) is 0 Å². The van der Waals surface area contributed by atoms with Crippen LogP contribution in [0.15, 0.2) is 24.3 Å². The van der Waals surface area contributed by atoms with Gasteiger partial charge in [-0.25, -0.2) is 16.8 Å². The van der Waals surface area contributed by atoms with E-state index >= 15 is 0 Å².